The van der Waals surface area contributed by atoms with E-state index in [0.717, 1.165) is 4.90 Å². The van der Waals surface area contributed by atoms with Crippen molar-refractivity contribution in [3.63, 3.8) is 0 Å². The maximum absolute atomic E-state index is 14.1. The normalized spacial score (nSPS) is 23.1. The van der Waals surface area contributed by atoms with Gasteiger partial charge in [0.1, 0.15) is 17.2 Å². The SMILES string of the molecule is O=C1C2CSC(c3ccccc3F)N2C(=O)N1c1ccc(Cl)cc1. The molecule has 3 amide bonds. The molecule has 2 heterocycles. The van der Waals surface area contributed by atoms with Gasteiger partial charge in [-0.3, -0.25) is 9.69 Å². The Kier molecular flexibility index (Phi) is 3.73. The number of nitrogens with zero attached hydrogens (tertiary/aromatic N) is 2. The highest BCUT2D eigenvalue weighted by atomic mass is 35.5. The number of rotatable bonds is 2. The molecule has 2 saturated heterocycles. The van der Waals surface area contributed by atoms with Gasteiger partial charge in [0.2, 0.25) is 0 Å². The van der Waals surface area contributed by atoms with Gasteiger partial charge >= 0.3 is 6.03 Å². The fourth-order valence-electron chi connectivity index (χ4n) is 3.03. The molecule has 2 aromatic carbocycles. The first kappa shape index (κ1) is 15.5. The number of imide groups is 1. The predicted octanol–water partition coefficient (Wildman–Crippen LogP) is 4.06. The molecular weight excluding hydrogens is 351 g/mol. The Bertz CT molecular complexity index is 830. The van der Waals surface area contributed by atoms with Crippen LogP contribution in [0.5, 0.6) is 0 Å². The van der Waals surface area contributed by atoms with Gasteiger partial charge < -0.3 is 0 Å². The number of carbonyl (C=O) groups excluding carboxylic acids is 2. The molecule has 2 aliphatic rings. The number of amides is 3. The number of halogens is 2. The molecular formula is C17H12ClFN2O2S. The second-order valence-electron chi connectivity index (χ2n) is 5.56. The number of thioether (sulfide) groups is 1. The van der Waals surface area contributed by atoms with E-state index in [2.05, 4.69) is 0 Å². The third-order valence-corrected chi connectivity index (χ3v) is 5.73. The third kappa shape index (κ3) is 2.29. The average molecular weight is 363 g/mol. The van der Waals surface area contributed by atoms with Crippen molar-refractivity contribution in [3.05, 3.63) is 64.9 Å². The van der Waals surface area contributed by atoms with Gasteiger partial charge in [0.15, 0.2) is 0 Å². The standard InChI is InChI=1S/C17H12ClFN2O2S/c18-10-5-7-11(8-6-10)20-15(22)14-9-24-16(21(14)17(20)23)12-3-1-2-4-13(12)19/h1-8,14,16H,9H2. The van der Waals surface area contributed by atoms with Crippen LogP contribution < -0.4 is 4.90 Å². The van der Waals surface area contributed by atoms with Gasteiger partial charge in [0, 0.05) is 16.3 Å². The van der Waals surface area contributed by atoms with Crippen molar-refractivity contribution in [2.24, 2.45) is 0 Å². The summed E-state index contributed by atoms with van der Waals surface area (Å²) in [5.41, 5.74) is 0.894. The van der Waals surface area contributed by atoms with Crippen LogP contribution in [0.15, 0.2) is 48.5 Å². The maximum Gasteiger partial charge on any atom is 0.333 e. The van der Waals surface area contributed by atoms with Gasteiger partial charge in [-0.2, -0.15) is 0 Å². The van der Waals surface area contributed by atoms with Crippen molar-refractivity contribution in [3.8, 4) is 0 Å². The van der Waals surface area contributed by atoms with Crippen LogP contribution >= 0.6 is 23.4 Å². The number of carbonyl (C=O) groups is 2. The highest BCUT2D eigenvalue weighted by molar-refractivity contribution is 7.99. The first-order valence-corrected chi connectivity index (χ1v) is 8.78. The van der Waals surface area contributed by atoms with Crippen molar-refractivity contribution >= 4 is 41.0 Å². The van der Waals surface area contributed by atoms with Gasteiger partial charge in [0.05, 0.1) is 5.69 Å². The molecule has 2 fully saturated rings. The van der Waals surface area contributed by atoms with Gasteiger partial charge in [-0.15, -0.1) is 11.8 Å². The van der Waals surface area contributed by atoms with E-state index in [-0.39, 0.29) is 11.7 Å². The third-order valence-electron chi connectivity index (χ3n) is 4.17. The molecule has 0 aromatic heterocycles. The van der Waals surface area contributed by atoms with E-state index in [9.17, 15) is 14.0 Å². The summed E-state index contributed by atoms with van der Waals surface area (Å²) in [6.07, 6.45) is 0. The molecule has 4 nitrogen and oxygen atoms in total. The molecule has 0 saturated carbocycles. The van der Waals surface area contributed by atoms with E-state index in [1.165, 1.54) is 22.7 Å². The summed E-state index contributed by atoms with van der Waals surface area (Å²) in [6.45, 7) is 0. The Morgan fingerprint density at radius 1 is 1.08 bits per heavy atom. The lowest BCUT2D eigenvalue weighted by molar-refractivity contribution is -0.119. The molecule has 7 heteroatoms. The summed E-state index contributed by atoms with van der Waals surface area (Å²) in [5.74, 6) is -0.206. The van der Waals surface area contributed by atoms with Crippen LogP contribution in [0, 0.1) is 5.82 Å². The zero-order chi connectivity index (χ0) is 16.8. The second-order valence-corrected chi connectivity index (χ2v) is 7.11. The topological polar surface area (TPSA) is 40.6 Å². The first-order valence-electron chi connectivity index (χ1n) is 7.36. The molecule has 2 unspecified atom stereocenters. The van der Waals surface area contributed by atoms with Gasteiger partial charge in [-0.05, 0) is 30.3 Å². The summed E-state index contributed by atoms with van der Waals surface area (Å²) >= 11 is 7.27. The van der Waals surface area contributed by atoms with Crippen LogP contribution in [0.4, 0.5) is 14.9 Å². The molecule has 0 N–H and O–H groups in total. The Hall–Kier alpha value is -2.05. The van der Waals surface area contributed by atoms with Crippen LogP contribution in [0.1, 0.15) is 10.9 Å². The minimum Gasteiger partial charge on any atom is -0.295 e. The maximum atomic E-state index is 14.1. The molecule has 24 heavy (non-hydrogen) atoms. The minimum absolute atomic E-state index is 0.284. The fourth-order valence-corrected chi connectivity index (χ4v) is 4.59. The molecule has 0 radical (unpaired) electrons. The lowest BCUT2D eigenvalue weighted by atomic mass is 10.2. The van der Waals surface area contributed by atoms with Crippen molar-refractivity contribution in [2.75, 3.05) is 10.7 Å². The number of benzene rings is 2. The molecule has 2 atom stereocenters. The van der Waals surface area contributed by atoms with Gasteiger partial charge in [-0.25, -0.2) is 14.1 Å². The molecule has 0 bridgehead atoms. The van der Waals surface area contributed by atoms with E-state index in [1.807, 2.05) is 0 Å². The van der Waals surface area contributed by atoms with Crippen LogP contribution in [-0.4, -0.2) is 28.6 Å². The quantitative estimate of drug-likeness (QED) is 0.756. The van der Waals surface area contributed by atoms with E-state index in [4.69, 9.17) is 11.6 Å². The monoisotopic (exact) mass is 362 g/mol. The van der Waals surface area contributed by atoms with Crippen molar-refractivity contribution in [2.45, 2.75) is 11.4 Å². The van der Waals surface area contributed by atoms with Crippen LogP contribution in [0.25, 0.3) is 0 Å². The Morgan fingerprint density at radius 2 is 1.79 bits per heavy atom. The molecule has 2 aromatic rings. The van der Waals surface area contributed by atoms with E-state index in [1.54, 1.807) is 42.5 Å². The molecule has 0 spiro atoms. The van der Waals surface area contributed by atoms with Crippen molar-refractivity contribution in [1.82, 2.24) is 4.90 Å². The second kappa shape index (κ2) is 5.79. The highest BCUT2D eigenvalue weighted by Gasteiger charge is 2.53. The molecule has 0 aliphatic carbocycles. The lowest BCUT2D eigenvalue weighted by Gasteiger charge is -2.23. The van der Waals surface area contributed by atoms with E-state index < -0.39 is 17.4 Å². The van der Waals surface area contributed by atoms with Gasteiger partial charge in [0.25, 0.3) is 5.91 Å². The zero-order valence-corrected chi connectivity index (χ0v) is 13.9. The van der Waals surface area contributed by atoms with Crippen LogP contribution in [0.2, 0.25) is 5.02 Å². The molecule has 4 rings (SSSR count). The number of hydrogen-bond acceptors (Lipinski definition) is 3. The summed E-state index contributed by atoms with van der Waals surface area (Å²) in [7, 11) is 0. The highest BCUT2D eigenvalue weighted by Crippen LogP contribution is 2.46. The van der Waals surface area contributed by atoms with Crippen LogP contribution in [0.3, 0.4) is 0 Å². The Labute approximate surface area is 147 Å². The first-order chi connectivity index (χ1) is 11.6. The van der Waals surface area contributed by atoms with Crippen molar-refractivity contribution in [1.29, 1.82) is 0 Å². The number of fused-ring (bicyclic) bond motifs is 1. The number of hydrogen-bond donors (Lipinski definition) is 0. The summed E-state index contributed by atoms with van der Waals surface area (Å²) < 4.78 is 14.1. The zero-order valence-electron chi connectivity index (χ0n) is 12.4. The predicted molar refractivity (Wildman–Crippen MR) is 91.6 cm³/mol. The van der Waals surface area contributed by atoms with Crippen molar-refractivity contribution < 1.29 is 14.0 Å². The number of urea groups is 1. The summed E-state index contributed by atoms with van der Waals surface area (Å²) in [5, 5.41) is 0.0306. The van der Waals surface area contributed by atoms with E-state index >= 15 is 0 Å². The average Bonchev–Trinajstić information content (AvgIpc) is 3.10. The largest absolute Gasteiger partial charge is 0.333 e. The summed E-state index contributed by atoms with van der Waals surface area (Å²) in [6, 6.07) is 11.9. The van der Waals surface area contributed by atoms with Gasteiger partial charge in [-0.1, -0.05) is 29.8 Å². The Morgan fingerprint density at radius 3 is 2.50 bits per heavy atom. The lowest BCUT2D eigenvalue weighted by Crippen LogP contribution is -2.34. The number of anilines is 1. The minimum atomic E-state index is -0.567. The Balaban J connectivity index is 1.70. The van der Waals surface area contributed by atoms with E-state index in [0.29, 0.717) is 22.0 Å². The van der Waals surface area contributed by atoms with Crippen LogP contribution in [-0.2, 0) is 4.79 Å². The summed E-state index contributed by atoms with van der Waals surface area (Å²) in [4.78, 5) is 28.1. The molecule has 122 valence electrons. The fraction of sp³-hybridized carbons (Fsp3) is 0.176. The molecule has 2 aliphatic heterocycles. The smallest absolute Gasteiger partial charge is 0.295 e.